The molecule has 2 N–H and O–H groups in total. The number of nitrogens with two attached hydrogens (primary N) is 1. The molecule has 1 atom stereocenters. The molecule has 1 heterocycles. The van der Waals surface area contributed by atoms with Crippen LogP contribution in [0.3, 0.4) is 0 Å². The standard InChI is InChI=1S/C14H20FN2O/c1-10(2)8-17-5-6-18-14(9-17)12-4-3-11(16)7-13(12)15/h3-4,7,14H,5-6,8-9,16H2,1-2H3/t14-/m1/s1. The van der Waals surface area contributed by atoms with Crippen molar-refractivity contribution in [1.29, 1.82) is 0 Å². The Bertz CT molecular complexity index is 409. The maximum absolute atomic E-state index is 13.8. The lowest BCUT2D eigenvalue weighted by Crippen LogP contribution is -2.40. The lowest BCUT2D eigenvalue weighted by molar-refractivity contribution is -0.0299. The van der Waals surface area contributed by atoms with E-state index in [1.165, 1.54) is 12.0 Å². The van der Waals surface area contributed by atoms with Crippen LogP contribution in [0.2, 0.25) is 0 Å². The van der Waals surface area contributed by atoms with E-state index in [0.29, 0.717) is 17.9 Å². The zero-order valence-electron chi connectivity index (χ0n) is 10.9. The van der Waals surface area contributed by atoms with Crippen LogP contribution in [0.15, 0.2) is 18.2 Å². The fraction of sp³-hybridized carbons (Fsp3) is 0.500. The number of nitrogens with zero attached hydrogens (tertiary/aromatic N) is 1. The van der Waals surface area contributed by atoms with E-state index in [1.54, 1.807) is 12.1 Å². The van der Waals surface area contributed by atoms with Crippen molar-refractivity contribution in [2.45, 2.75) is 20.0 Å². The molecule has 1 aliphatic rings. The molecule has 0 unspecified atom stereocenters. The van der Waals surface area contributed by atoms with Crippen molar-refractivity contribution >= 4 is 5.69 Å². The first-order chi connectivity index (χ1) is 8.56. The van der Waals surface area contributed by atoms with E-state index in [9.17, 15) is 4.39 Å². The highest BCUT2D eigenvalue weighted by Crippen LogP contribution is 2.26. The summed E-state index contributed by atoms with van der Waals surface area (Å²) in [6.07, 6.45) is -0.196. The Morgan fingerprint density at radius 1 is 1.50 bits per heavy atom. The summed E-state index contributed by atoms with van der Waals surface area (Å²) in [6, 6.07) is 4.80. The van der Waals surface area contributed by atoms with Crippen LogP contribution >= 0.6 is 0 Å². The van der Waals surface area contributed by atoms with Gasteiger partial charge >= 0.3 is 0 Å². The predicted molar refractivity (Wildman–Crippen MR) is 70.5 cm³/mol. The molecule has 1 fully saturated rings. The number of nitrogen functional groups attached to an aromatic ring is 1. The Balaban J connectivity index is 2.08. The third-order valence-electron chi connectivity index (χ3n) is 3.06. The summed E-state index contributed by atoms with van der Waals surface area (Å²) in [6.45, 7) is 7.42. The molecule has 1 aromatic rings. The summed E-state index contributed by atoms with van der Waals surface area (Å²) in [5.41, 5.74) is 6.60. The average Bonchev–Trinajstić information content (AvgIpc) is 2.28. The van der Waals surface area contributed by atoms with E-state index < -0.39 is 0 Å². The second kappa shape index (κ2) is 5.67. The summed E-state index contributed by atoms with van der Waals surface area (Å²) in [4.78, 5) is 2.29. The van der Waals surface area contributed by atoms with Crippen molar-refractivity contribution < 1.29 is 9.13 Å². The maximum atomic E-state index is 13.8. The van der Waals surface area contributed by atoms with Crippen LogP contribution in [-0.2, 0) is 4.74 Å². The highest BCUT2D eigenvalue weighted by atomic mass is 19.1. The molecular formula is C14H20FN2O. The Kier molecular flexibility index (Phi) is 4.19. The molecule has 3 nitrogen and oxygen atoms in total. The lowest BCUT2D eigenvalue weighted by Gasteiger charge is -2.34. The van der Waals surface area contributed by atoms with Gasteiger partial charge in [0.05, 0.1) is 12.7 Å². The molecule has 18 heavy (non-hydrogen) atoms. The number of rotatable bonds is 3. The van der Waals surface area contributed by atoms with Gasteiger partial charge in [-0.25, -0.2) is 4.39 Å². The zero-order valence-corrected chi connectivity index (χ0v) is 10.9. The van der Waals surface area contributed by atoms with Gasteiger partial charge in [0.1, 0.15) is 5.82 Å². The second-order valence-corrected chi connectivity index (χ2v) is 5.08. The number of anilines is 1. The van der Waals surface area contributed by atoms with E-state index in [0.717, 1.165) is 19.6 Å². The third-order valence-corrected chi connectivity index (χ3v) is 3.06. The Hall–Kier alpha value is -1.13. The highest BCUT2D eigenvalue weighted by Gasteiger charge is 2.24. The van der Waals surface area contributed by atoms with Crippen LogP contribution in [0.4, 0.5) is 10.1 Å². The van der Waals surface area contributed by atoms with Gasteiger partial charge in [-0.1, -0.05) is 19.9 Å². The number of benzene rings is 1. The predicted octanol–water partition coefficient (Wildman–Crippen LogP) is 2.40. The molecule has 0 saturated carbocycles. The van der Waals surface area contributed by atoms with Crippen molar-refractivity contribution in [2.75, 3.05) is 32.0 Å². The first-order valence-electron chi connectivity index (χ1n) is 6.24. The minimum Gasteiger partial charge on any atom is -0.399 e. The third kappa shape index (κ3) is 3.21. The molecule has 0 aliphatic carbocycles. The van der Waals surface area contributed by atoms with Crippen molar-refractivity contribution in [3.8, 4) is 0 Å². The fourth-order valence-electron chi connectivity index (χ4n) is 2.29. The molecule has 4 heteroatoms. The van der Waals surface area contributed by atoms with Gasteiger partial charge in [0.15, 0.2) is 0 Å². The van der Waals surface area contributed by atoms with Crippen LogP contribution in [0, 0.1) is 11.7 Å². The Morgan fingerprint density at radius 2 is 2.28 bits per heavy atom. The number of morpholine rings is 1. The van der Waals surface area contributed by atoms with Crippen molar-refractivity contribution in [2.24, 2.45) is 0 Å². The first-order valence-corrected chi connectivity index (χ1v) is 6.24. The average molecular weight is 251 g/mol. The Morgan fingerprint density at radius 3 is 2.94 bits per heavy atom. The fourth-order valence-corrected chi connectivity index (χ4v) is 2.29. The molecule has 1 radical (unpaired) electrons. The molecular weight excluding hydrogens is 231 g/mol. The number of hydrogen-bond donors (Lipinski definition) is 1. The van der Waals surface area contributed by atoms with E-state index in [4.69, 9.17) is 10.5 Å². The number of ether oxygens (including phenoxy) is 1. The van der Waals surface area contributed by atoms with Gasteiger partial charge in [-0.2, -0.15) is 0 Å². The summed E-state index contributed by atoms with van der Waals surface area (Å²) < 4.78 is 19.5. The van der Waals surface area contributed by atoms with Gasteiger partial charge in [-0.15, -0.1) is 0 Å². The van der Waals surface area contributed by atoms with Crippen LogP contribution in [0.25, 0.3) is 0 Å². The van der Waals surface area contributed by atoms with E-state index in [2.05, 4.69) is 18.7 Å². The molecule has 1 saturated heterocycles. The largest absolute Gasteiger partial charge is 0.399 e. The molecule has 0 bridgehead atoms. The quantitative estimate of drug-likeness (QED) is 0.838. The second-order valence-electron chi connectivity index (χ2n) is 5.08. The monoisotopic (exact) mass is 251 g/mol. The molecule has 1 aromatic carbocycles. The van der Waals surface area contributed by atoms with Gasteiger partial charge in [-0.05, 0) is 18.1 Å². The summed E-state index contributed by atoms with van der Waals surface area (Å²) in [7, 11) is 0. The number of hydrogen-bond acceptors (Lipinski definition) is 3. The van der Waals surface area contributed by atoms with Gasteiger partial charge in [0, 0.05) is 30.9 Å². The molecule has 0 amide bonds. The van der Waals surface area contributed by atoms with Gasteiger partial charge in [0.25, 0.3) is 0 Å². The van der Waals surface area contributed by atoms with Gasteiger partial charge in [0.2, 0.25) is 0 Å². The lowest BCUT2D eigenvalue weighted by atomic mass is 10.1. The van der Waals surface area contributed by atoms with Gasteiger partial charge in [-0.3, -0.25) is 4.90 Å². The highest BCUT2D eigenvalue weighted by molar-refractivity contribution is 5.41. The SMILES string of the molecule is C[C](C)CN1CCO[C@@H](c2ccc(N)cc2F)C1. The van der Waals surface area contributed by atoms with Crippen LogP contribution in [-0.4, -0.2) is 31.1 Å². The zero-order chi connectivity index (χ0) is 13.1. The van der Waals surface area contributed by atoms with Crippen molar-refractivity contribution in [1.82, 2.24) is 4.90 Å². The number of halogens is 1. The normalized spacial score (nSPS) is 21.4. The van der Waals surface area contributed by atoms with Crippen molar-refractivity contribution in [3.63, 3.8) is 0 Å². The van der Waals surface area contributed by atoms with E-state index in [-0.39, 0.29) is 11.9 Å². The summed E-state index contributed by atoms with van der Waals surface area (Å²) in [5.74, 6) is 1.08. The molecule has 0 aromatic heterocycles. The molecule has 2 rings (SSSR count). The minimum absolute atomic E-state index is 0.196. The summed E-state index contributed by atoms with van der Waals surface area (Å²) in [5, 5.41) is 0. The van der Waals surface area contributed by atoms with E-state index >= 15 is 0 Å². The van der Waals surface area contributed by atoms with Gasteiger partial charge < -0.3 is 10.5 Å². The first kappa shape index (κ1) is 13.3. The summed E-state index contributed by atoms with van der Waals surface area (Å²) >= 11 is 0. The van der Waals surface area contributed by atoms with Crippen LogP contribution in [0.1, 0.15) is 25.5 Å². The maximum Gasteiger partial charge on any atom is 0.131 e. The topological polar surface area (TPSA) is 38.5 Å². The molecule has 99 valence electrons. The Labute approximate surface area is 108 Å². The van der Waals surface area contributed by atoms with Crippen LogP contribution < -0.4 is 5.73 Å². The molecule has 0 spiro atoms. The molecule has 1 aliphatic heterocycles. The smallest absolute Gasteiger partial charge is 0.131 e. The minimum atomic E-state index is -0.279. The van der Waals surface area contributed by atoms with E-state index in [1.807, 2.05) is 0 Å². The van der Waals surface area contributed by atoms with Crippen LogP contribution in [0.5, 0.6) is 0 Å². The van der Waals surface area contributed by atoms with Crippen molar-refractivity contribution in [3.05, 3.63) is 35.5 Å².